The molecule has 2 aromatic carbocycles. The molecule has 1 aromatic heterocycles. The highest BCUT2D eigenvalue weighted by atomic mass is 32.1. The fourth-order valence-electron chi connectivity index (χ4n) is 6.16. The van der Waals surface area contributed by atoms with Gasteiger partial charge in [-0.05, 0) is 60.6 Å². The number of hydrogen-bond donors (Lipinski definition) is 2. The Hall–Kier alpha value is -3.04. The second-order valence-corrected chi connectivity index (χ2v) is 10.9. The van der Waals surface area contributed by atoms with E-state index < -0.39 is 0 Å². The third-order valence-electron chi connectivity index (χ3n) is 8.16. The molecular weight excluding hydrogens is 493 g/mol. The topological polar surface area (TPSA) is 75.0 Å². The molecule has 3 heterocycles. The van der Waals surface area contributed by atoms with E-state index in [1.165, 1.54) is 12.1 Å². The molecule has 194 valence electrons. The number of halogens is 1. The molecular formula is C28H30FN3O4S. The van der Waals surface area contributed by atoms with Gasteiger partial charge in [0.2, 0.25) is 5.91 Å². The van der Waals surface area contributed by atoms with E-state index in [2.05, 4.69) is 18.1 Å². The van der Waals surface area contributed by atoms with Gasteiger partial charge >= 0.3 is 0 Å². The third kappa shape index (κ3) is 4.18. The molecule has 2 unspecified atom stereocenters. The molecule has 2 saturated heterocycles. The standard InChI is InChI=1S/C28H30FN3O4S/c1-30-27(33)25-19-10-18(16-4-3-9-32(12-16)28(34)24-20-13-35-14-21(20)24)22(31(2)37)11-23(19)36-26(25)15-5-7-17(29)8-6-15/h5-8,10-11,16,20-21,24,37H,3-4,9,12-14H2,1-2H3,(H,30,33)/t16-,20?,21?,24?/m1/s1. The molecule has 1 saturated carbocycles. The van der Waals surface area contributed by atoms with Crippen LogP contribution in [0.4, 0.5) is 10.1 Å². The second kappa shape index (κ2) is 9.36. The number of nitrogens with one attached hydrogen (secondary N) is 1. The summed E-state index contributed by atoms with van der Waals surface area (Å²) >= 11 is 4.60. The Balaban J connectivity index is 1.40. The monoisotopic (exact) mass is 523 g/mol. The van der Waals surface area contributed by atoms with E-state index >= 15 is 0 Å². The summed E-state index contributed by atoms with van der Waals surface area (Å²) in [6.07, 6.45) is 1.85. The number of ether oxygens (including phenoxy) is 1. The lowest BCUT2D eigenvalue weighted by Gasteiger charge is -2.35. The predicted molar refractivity (Wildman–Crippen MR) is 142 cm³/mol. The number of rotatable bonds is 5. The number of hydrogen-bond acceptors (Lipinski definition) is 6. The van der Waals surface area contributed by atoms with E-state index in [0.717, 1.165) is 30.6 Å². The minimum atomic E-state index is -0.360. The van der Waals surface area contributed by atoms with Crippen molar-refractivity contribution >= 4 is 41.3 Å². The van der Waals surface area contributed by atoms with Crippen LogP contribution in [0.5, 0.6) is 0 Å². The molecule has 2 aliphatic heterocycles. The number of carbonyl (C=O) groups excluding carboxylic acids is 2. The fraction of sp³-hybridized carbons (Fsp3) is 0.429. The molecule has 37 heavy (non-hydrogen) atoms. The molecule has 1 aliphatic carbocycles. The molecule has 3 aromatic rings. The molecule has 7 nitrogen and oxygen atoms in total. The number of furan rings is 1. The lowest BCUT2D eigenvalue weighted by Crippen LogP contribution is -2.41. The van der Waals surface area contributed by atoms with Crippen molar-refractivity contribution in [2.45, 2.75) is 18.8 Å². The normalized spacial score (nSPS) is 24.7. The summed E-state index contributed by atoms with van der Waals surface area (Å²) in [5.74, 6) is 0.973. The van der Waals surface area contributed by atoms with Crippen LogP contribution in [0, 0.1) is 23.6 Å². The van der Waals surface area contributed by atoms with Gasteiger partial charge in [-0.3, -0.25) is 9.59 Å². The van der Waals surface area contributed by atoms with Gasteiger partial charge in [-0.25, -0.2) is 4.39 Å². The van der Waals surface area contributed by atoms with E-state index in [-0.39, 0.29) is 29.5 Å². The number of anilines is 1. The zero-order valence-corrected chi connectivity index (χ0v) is 21.8. The number of fused-ring (bicyclic) bond motifs is 2. The number of benzene rings is 2. The molecule has 3 fully saturated rings. The highest BCUT2D eigenvalue weighted by Crippen LogP contribution is 2.52. The minimum Gasteiger partial charge on any atom is -0.455 e. The number of amides is 2. The third-order valence-corrected chi connectivity index (χ3v) is 8.37. The van der Waals surface area contributed by atoms with E-state index in [1.807, 2.05) is 24.1 Å². The van der Waals surface area contributed by atoms with Crippen LogP contribution in [0.2, 0.25) is 0 Å². The van der Waals surface area contributed by atoms with Gasteiger partial charge in [0.05, 0.1) is 24.5 Å². The van der Waals surface area contributed by atoms with Crippen molar-refractivity contribution in [3.63, 3.8) is 0 Å². The number of nitrogens with zero attached hydrogens (tertiary/aromatic N) is 2. The lowest BCUT2D eigenvalue weighted by molar-refractivity contribution is -0.135. The second-order valence-electron chi connectivity index (χ2n) is 10.3. The minimum absolute atomic E-state index is 0.100. The number of piperidine rings is 1. The Labute approximate surface area is 220 Å². The molecule has 6 rings (SSSR count). The van der Waals surface area contributed by atoms with Gasteiger partial charge in [0.25, 0.3) is 5.91 Å². The Kier molecular flexibility index (Phi) is 6.15. The average molecular weight is 524 g/mol. The molecule has 9 heteroatoms. The maximum absolute atomic E-state index is 13.6. The molecule has 2 amide bonds. The summed E-state index contributed by atoms with van der Waals surface area (Å²) < 4.78 is 27.0. The summed E-state index contributed by atoms with van der Waals surface area (Å²) in [5, 5.41) is 3.40. The van der Waals surface area contributed by atoms with Crippen LogP contribution in [0.1, 0.15) is 34.7 Å². The number of carbonyl (C=O) groups is 2. The summed E-state index contributed by atoms with van der Waals surface area (Å²) in [6.45, 7) is 2.80. The van der Waals surface area contributed by atoms with Crippen LogP contribution in [0.25, 0.3) is 22.3 Å². The summed E-state index contributed by atoms with van der Waals surface area (Å²) in [7, 11) is 3.43. The van der Waals surface area contributed by atoms with Crippen molar-refractivity contribution in [3.05, 3.63) is 53.3 Å². The van der Waals surface area contributed by atoms with E-state index in [1.54, 1.807) is 23.5 Å². The maximum Gasteiger partial charge on any atom is 0.255 e. The van der Waals surface area contributed by atoms with Gasteiger partial charge in [-0.15, -0.1) is 0 Å². The van der Waals surface area contributed by atoms with E-state index in [9.17, 15) is 14.0 Å². The van der Waals surface area contributed by atoms with Gasteiger partial charge < -0.3 is 23.7 Å². The first kappa shape index (κ1) is 24.3. The smallest absolute Gasteiger partial charge is 0.255 e. The van der Waals surface area contributed by atoms with Crippen molar-refractivity contribution < 1.29 is 23.1 Å². The molecule has 3 atom stereocenters. The van der Waals surface area contributed by atoms with Crippen LogP contribution in [-0.4, -0.2) is 57.1 Å². The van der Waals surface area contributed by atoms with Crippen molar-refractivity contribution in [3.8, 4) is 11.3 Å². The van der Waals surface area contributed by atoms with Gasteiger partial charge in [-0.1, -0.05) is 12.8 Å². The fourth-order valence-corrected chi connectivity index (χ4v) is 6.33. The van der Waals surface area contributed by atoms with Crippen LogP contribution in [-0.2, 0) is 9.53 Å². The Morgan fingerprint density at radius 2 is 1.89 bits per heavy atom. The summed E-state index contributed by atoms with van der Waals surface area (Å²) in [4.78, 5) is 28.4. The summed E-state index contributed by atoms with van der Waals surface area (Å²) in [6, 6.07) is 9.83. The zero-order chi connectivity index (χ0) is 25.8. The largest absolute Gasteiger partial charge is 0.455 e. The quantitative estimate of drug-likeness (QED) is 0.483. The lowest BCUT2D eigenvalue weighted by atomic mass is 9.87. The van der Waals surface area contributed by atoms with Crippen molar-refractivity contribution in [1.29, 1.82) is 0 Å². The Bertz CT molecular complexity index is 1360. The highest BCUT2D eigenvalue weighted by Gasteiger charge is 2.59. The Morgan fingerprint density at radius 1 is 1.16 bits per heavy atom. The first-order chi connectivity index (χ1) is 17.9. The first-order valence-corrected chi connectivity index (χ1v) is 13.1. The molecule has 0 spiro atoms. The van der Waals surface area contributed by atoms with Crippen LogP contribution in [0.3, 0.4) is 0 Å². The van der Waals surface area contributed by atoms with E-state index in [4.69, 9.17) is 9.15 Å². The average Bonchev–Trinajstić information content (AvgIpc) is 3.22. The highest BCUT2D eigenvalue weighted by molar-refractivity contribution is 7.81. The van der Waals surface area contributed by atoms with Gasteiger partial charge in [0, 0.05) is 56.0 Å². The molecule has 0 radical (unpaired) electrons. The van der Waals surface area contributed by atoms with E-state index in [0.29, 0.717) is 59.5 Å². The maximum atomic E-state index is 13.6. The van der Waals surface area contributed by atoms with Gasteiger partial charge in [-0.2, -0.15) is 0 Å². The van der Waals surface area contributed by atoms with Crippen molar-refractivity contribution in [1.82, 2.24) is 10.2 Å². The number of likely N-dealkylation sites (tertiary alicyclic amines) is 1. The van der Waals surface area contributed by atoms with Crippen LogP contribution >= 0.6 is 12.8 Å². The first-order valence-electron chi connectivity index (χ1n) is 12.7. The molecule has 0 bridgehead atoms. The van der Waals surface area contributed by atoms with Gasteiger partial charge in [0.15, 0.2) is 0 Å². The molecule has 3 aliphatic rings. The molecule has 1 N–H and O–H groups in total. The van der Waals surface area contributed by atoms with Crippen molar-refractivity contribution in [2.75, 3.05) is 44.7 Å². The zero-order valence-electron chi connectivity index (χ0n) is 20.9. The number of thiol groups is 1. The van der Waals surface area contributed by atoms with Gasteiger partial charge in [0.1, 0.15) is 17.2 Å². The summed E-state index contributed by atoms with van der Waals surface area (Å²) in [5.41, 5.74) is 3.47. The SMILES string of the molecule is CNC(=O)c1c(-c2ccc(F)cc2)oc2cc(N(C)S)c([C@@H]3CCCN(C(=O)C4C5COCC54)C3)cc12. The van der Waals surface area contributed by atoms with Crippen molar-refractivity contribution in [2.24, 2.45) is 17.8 Å². The van der Waals surface area contributed by atoms with Crippen LogP contribution < -0.4 is 9.62 Å². The predicted octanol–water partition coefficient (Wildman–Crippen LogP) is 4.48. The van der Waals surface area contributed by atoms with Crippen LogP contribution in [0.15, 0.2) is 40.8 Å². The Morgan fingerprint density at radius 3 is 2.57 bits per heavy atom.